The lowest BCUT2D eigenvalue weighted by Gasteiger charge is -2.32. The monoisotopic (exact) mass is 447 g/mol. The molecule has 164 valence electrons. The first-order chi connectivity index (χ1) is 14.9. The summed E-state index contributed by atoms with van der Waals surface area (Å²) in [6.07, 6.45) is 1.69. The van der Waals surface area contributed by atoms with Gasteiger partial charge in [0.25, 0.3) is 0 Å². The molecule has 2 saturated heterocycles. The Bertz CT molecular complexity index is 962. The minimum absolute atomic E-state index is 0.0113. The Balaban J connectivity index is 1.27. The molecule has 1 unspecified atom stereocenters. The molecule has 0 bridgehead atoms. The van der Waals surface area contributed by atoms with Gasteiger partial charge in [-0.15, -0.1) is 0 Å². The summed E-state index contributed by atoms with van der Waals surface area (Å²) < 4.78 is 27.2. The minimum Gasteiger partial charge on any atom is -0.353 e. The number of amides is 2. The van der Waals surface area contributed by atoms with Crippen LogP contribution in [0.25, 0.3) is 0 Å². The molecule has 5 nitrogen and oxygen atoms in total. The molecule has 31 heavy (non-hydrogen) atoms. The maximum Gasteiger partial charge on any atom is 0.227 e. The maximum atomic E-state index is 14.0. The van der Waals surface area contributed by atoms with E-state index in [0.717, 1.165) is 49.6 Å². The first-order valence-electron chi connectivity index (χ1n) is 10.4. The lowest BCUT2D eigenvalue weighted by atomic mass is 10.0. The molecule has 8 heteroatoms. The fourth-order valence-corrected chi connectivity index (χ4v) is 4.34. The first-order valence-corrected chi connectivity index (χ1v) is 10.8. The van der Waals surface area contributed by atoms with Gasteiger partial charge in [0.05, 0.1) is 11.6 Å². The van der Waals surface area contributed by atoms with Gasteiger partial charge in [0, 0.05) is 49.7 Å². The molecule has 4 rings (SSSR count). The van der Waals surface area contributed by atoms with Gasteiger partial charge in [0.1, 0.15) is 11.6 Å². The van der Waals surface area contributed by atoms with Crippen LogP contribution in [0.15, 0.2) is 42.5 Å². The van der Waals surface area contributed by atoms with Crippen molar-refractivity contribution in [3.63, 3.8) is 0 Å². The van der Waals surface area contributed by atoms with Crippen LogP contribution in [-0.2, 0) is 16.1 Å². The third kappa shape index (κ3) is 5.22. The van der Waals surface area contributed by atoms with E-state index in [-0.39, 0.29) is 36.5 Å². The second-order valence-corrected chi connectivity index (χ2v) is 8.62. The van der Waals surface area contributed by atoms with Gasteiger partial charge < -0.3 is 10.2 Å². The van der Waals surface area contributed by atoms with E-state index in [1.54, 1.807) is 0 Å². The average molecular weight is 448 g/mol. The number of benzene rings is 2. The second kappa shape index (κ2) is 9.32. The standard InChI is InChI=1S/C23H24ClF2N3O2/c24-17-3-1-15(2-4-17)13-28-9-7-19(8-10-28)27-23(31)16-11-22(30)29(14-16)21-6-5-18(25)12-20(21)26/h1-6,12,16,19H,7-11,13-14H2,(H,27,31). The lowest BCUT2D eigenvalue weighted by molar-refractivity contribution is -0.127. The predicted octanol–water partition coefficient (Wildman–Crippen LogP) is 3.75. The summed E-state index contributed by atoms with van der Waals surface area (Å²) >= 11 is 5.93. The largest absolute Gasteiger partial charge is 0.353 e. The zero-order valence-corrected chi connectivity index (χ0v) is 17.7. The molecule has 2 heterocycles. The third-order valence-corrected chi connectivity index (χ3v) is 6.20. The van der Waals surface area contributed by atoms with Crippen LogP contribution in [0.1, 0.15) is 24.8 Å². The molecule has 0 aliphatic carbocycles. The van der Waals surface area contributed by atoms with Gasteiger partial charge in [-0.3, -0.25) is 14.5 Å². The van der Waals surface area contributed by atoms with Gasteiger partial charge in [0.15, 0.2) is 0 Å². The Hall–Kier alpha value is -2.51. The Morgan fingerprint density at radius 3 is 2.48 bits per heavy atom. The van der Waals surface area contributed by atoms with Crippen molar-refractivity contribution in [2.24, 2.45) is 5.92 Å². The van der Waals surface area contributed by atoms with Crippen LogP contribution in [0.3, 0.4) is 0 Å². The molecular weight excluding hydrogens is 424 g/mol. The van der Waals surface area contributed by atoms with Crippen LogP contribution in [0.4, 0.5) is 14.5 Å². The summed E-state index contributed by atoms with van der Waals surface area (Å²) in [5.41, 5.74) is 1.21. The van der Waals surface area contributed by atoms with Crippen LogP contribution in [0.2, 0.25) is 5.02 Å². The molecule has 0 radical (unpaired) electrons. The van der Waals surface area contributed by atoms with Gasteiger partial charge in [-0.1, -0.05) is 23.7 Å². The number of nitrogens with zero attached hydrogens (tertiary/aromatic N) is 2. The normalized spacial score (nSPS) is 20.3. The SMILES string of the molecule is O=C(NC1CCN(Cc2ccc(Cl)cc2)CC1)C1CC(=O)N(c2ccc(F)cc2F)C1. The van der Waals surface area contributed by atoms with E-state index in [1.165, 1.54) is 16.5 Å². The van der Waals surface area contributed by atoms with Crippen LogP contribution < -0.4 is 10.2 Å². The molecule has 2 amide bonds. The van der Waals surface area contributed by atoms with E-state index in [9.17, 15) is 18.4 Å². The van der Waals surface area contributed by atoms with E-state index in [0.29, 0.717) is 0 Å². The maximum absolute atomic E-state index is 14.0. The fourth-order valence-electron chi connectivity index (χ4n) is 4.22. The summed E-state index contributed by atoms with van der Waals surface area (Å²) in [4.78, 5) is 28.6. The van der Waals surface area contributed by atoms with Gasteiger partial charge >= 0.3 is 0 Å². The molecular formula is C23H24ClF2N3O2. The number of piperidine rings is 1. The average Bonchev–Trinajstić information content (AvgIpc) is 3.13. The summed E-state index contributed by atoms with van der Waals surface area (Å²) in [6, 6.07) is 10.9. The highest BCUT2D eigenvalue weighted by Crippen LogP contribution is 2.28. The molecule has 2 aromatic carbocycles. The Kier molecular flexibility index (Phi) is 6.53. The number of carbonyl (C=O) groups is 2. The van der Waals surface area contributed by atoms with Crippen LogP contribution in [-0.4, -0.2) is 42.4 Å². The topological polar surface area (TPSA) is 52.7 Å². The number of nitrogens with one attached hydrogen (secondary N) is 1. The smallest absolute Gasteiger partial charge is 0.227 e. The fraction of sp³-hybridized carbons (Fsp3) is 0.391. The third-order valence-electron chi connectivity index (χ3n) is 5.95. The van der Waals surface area contributed by atoms with Crippen molar-refractivity contribution in [2.45, 2.75) is 31.8 Å². The van der Waals surface area contributed by atoms with Crippen LogP contribution in [0, 0.1) is 17.6 Å². The van der Waals surface area contributed by atoms with Gasteiger partial charge in [-0.05, 0) is 42.7 Å². The number of carbonyl (C=O) groups excluding carboxylic acids is 2. The van der Waals surface area contributed by atoms with Crippen LogP contribution in [0.5, 0.6) is 0 Å². The zero-order chi connectivity index (χ0) is 22.0. The zero-order valence-electron chi connectivity index (χ0n) is 17.0. The number of hydrogen-bond acceptors (Lipinski definition) is 3. The molecule has 0 saturated carbocycles. The predicted molar refractivity (Wildman–Crippen MR) is 115 cm³/mol. The molecule has 1 N–H and O–H groups in total. The van der Waals surface area contributed by atoms with E-state index < -0.39 is 17.6 Å². The number of hydrogen-bond donors (Lipinski definition) is 1. The molecule has 2 aromatic rings. The van der Waals surface area contributed by atoms with Crippen molar-refractivity contribution >= 4 is 29.1 Å². The number of anilines is 1. The summed E-state index contributed by atoms with van der Waals surface area (Å²) in [7, 11) is 0. The minimum atomic E-state index is -0.803. The highest BCUT2D eigenvalue weighted by Gasteiger charge is 2.37. The van der Waals surface area contributed by atoms with E-state index in [1.807, 2.05) is 24.3 Å². The van der Waals surface area contributed by atoms with E-state index >= 15 is 0 Å². The highest BCUT2D eigenvalue weighted by molar-refractivity contribution is 6.30. The lowest BCUT2D eigenvalue weighted by Crippen LogP contribution is -2.46. The molecule has 2 fully saturated rings. The highest BCUT2D eigenvalue weighted by atomic mass is 35.5. The van der Waals surface area contributed by atoms with Crippen molar-refractivity contribution in [1.29, 1.82) is 0 Å². The molecule has 2 aliphatic heterocycles. The van der Waals surface area contributed by atoms with Crippen molar-refractivity contribution in [3.05, 3.63) is 64.7 Å². The van der Waals surface area contributed by atoms with Crippen molar-refractivity contribution in [3.8, 4) is 0 Å². The van der Waals surface area contributed by atoms with Gasteiger partial charge in [-0.25, -0.2) is 8.78 Å². The summed E-state index contributed by atoms with van der Waals surface area (Å²) in [5, 5.41) is 3.77. The van der Waals surface area contributed by atoms with Gasteiger partial charge in [-0.2, -0.15) is 0 Å². The molecule has 2 aliphatic rings. The Labute approximate surface area is 185 Å². The van der Waals surface area contributed by atoms with Crippen LogP contribution >= 0.6 is 11.6 Å². The molecule has 0 spiro atoms. The Morgan fingerprint density at radius 1 is 1.10 bits per heavy atom. The number of halogens is 3. The summed E-state index contributed by atoms with van der Waals surface area (Å²) in [5.74, 6) is -2.56. The van der Waals surface area contributed by atoms with Crippen molar-refractivity contribution in [2.75, 3.05) is 24.5 Å². The molecule has 0 aromatic heterocycles. The number of likely N-dealkylation sites (tertiary alicyclic amines) is 1. The van der Waals surface area contributed by atoms with Gasteiger partial charge in [0.2, 0.25) is 11.8 Å². The summed E-state index contributed by atoms with van der Waals surface area (Å²) in [6.45, 7) is 2.67. The van der Waals surface area contributed by atoms with E-state index in [2.05, 4.69) is 10.2 Å². The van der Waals surface area contributed by atoms with Crippen molar-refractivity contribution < 1.29 is 18.4 Å². The molecule has 1 atom stereocenters. The first kappa shape index (κ1) is 21.7. The van der Waals surface area contributed by atoms with Crippen molar-refractivity contribution in [1.82, 2.24) is 10.2 Å². The Morgan fingerprint density at radius 2 is 1.81 bits per heavy atom. The van der Waals surface area contributed by atoms with E-state index in [4.69, 9.17) is 11.6 Å². The quantitative estimate of drug-likeness (QED) is 0.759. The number of rotatable bonds is 5. The second-order valence-electron chi connectivity index (χ2n) is 8.19.